The van der Waals surface area contributed by atoms with Gasteiger partial charge >= 0.3 is 0 Å². The first-order valence-corrected chi connectivity index (χ1v) is 7.69. The molecule has 0 aliphatic carbocycles. The Morgan fingerprint density at radius 3 is 2.80 bits per heavy atom. The van der Waals surface area contributed by atoms with Crippen molar-refractivity contribution in [3.8, 4) is 5.75 Å². The molecule has 0 amide bonds. The van der Waals surface area contributed by atoms with Crippen LogP contribution >= 0.6 is 27.5 Å². The first kappa shape index (κ1) is 13.8. The monoisotopic (exact) mass is 352 g/mol. The Hall–Kier alpha value is -1.13. The predicted octanol–water partition coefficient (Wildman–Crippen LogP) is 4.54. The van der Waals surface area contributed by atoms with E-state index >= 15 is 0 Å². The van der Waals surface area contributed by atoms with Crippen molar-refractivity contribution in [3.05, 3.63) is 51.0 Å². The largest absolute Gasteiger partial charge is 0.492 e. The van der Waals surface area contributed by atoms with Gasteiger partial charge in [0.1, 0.15) is 23.3 Å². The van der Waals surface area contributed by atoms with E-state index in [9.17, 15) is 0 Å². The number of ether oxygens (including phenoxy) is 1. The Morgan fingerprint density at radius 2 is 2.05 bits per heavy atom. The number of benzene rings is 1. The summed E-state index contributed by atoms with van der Waals surface area (Å²) < 4.78 is 6.48. The summed E-state index contributed by atoms with van der Waals surface area (Å²) in [5.74, 6) is 1.97. The second-order valence-corrected chi connectivity index (χ2v) is 6.28. The highest BCUT2D eigenvalue weighted by atomic mass is 79.9. The molecule has 104 valence electrons. The summed E-state index contributed by atoms with van der Waals surface area (Å²) in [5.41, 5.74) is 2.06. The smallest absolute Gasteiger partial charge is 0.147 e. The number of hydrogen-bond donors (Lipinski definition) is 0. The number of rotatable bonds is 2. The minimum absolute atomic E-state index is 0.0503. The van der Waals surface area contributed by atoms with Gasteiger partial charge in [-0.05, 0) is 27.9 Å². The minimum Gasteiger partial charge on any atom is -0.492 e. The lowest BCUT2D eigenvalue weighted by atomic mass is 10.00. The minimum atomic E-state index is 0.0503. The molecule has 2 aromatic rings. The van der Waals surface area contributed by atoms with E-state index in [0.717, 1.165) is 27.3 Å². The Kier molecular flexibility index (Phi) is 3.69. The summed E-state index contributed by atoms with van der Waals surface area (Å²) in [6.45, 7) is 4.74. The molecule has 1 aromatic heterocycles. The zero-order chi connectivity index (χ0) is 14.3. The van der Waals surface area contributed by atoms with Crippen LogP contribution in [0.2, 0.25) is 5.15 Å². The van der Waals surface area contributed by atoms with Crippen molar-refractivity contribution in [1.82, 2.24) is 9.97 Å². The molecule has 20 heavy (non-hydrogen) atoms. The molecule has 2 heterocycles. The van der Waals surface area contributed by atoms with Gasteiger partial charge in [0.25, 0.3) is 0 Å². The van der Waals surface area contributed by atoms with Crippen molar-refractivity contribution >= 4 is 27.5 Å². The molecular formula is C15H14BrClN2O. The third-order valence-corrected chi connectivity index (χ3v) is 4.70. The molecule has 0 fully saturated rings. The van der Waals surface area contributed by atoms with Gasteiger partial charge in [0.15, 0.2) is 0 Å². The van der Waals surface area contributed by atoms with E-state index in [1.165, 1.54) is 0 Å². The predicted molar refractivity (Wildman–Crippen MR) is 82.6 cm³/mol. The lowest BCUT2D eigenvalue weighted by Crippen LogP contribution is -2.11. The summed E-state index contributed by atoms with van der Waals surface area (Å²) in [7, 11) is 0. The zero-order valence-corrected chi connectivity index (χ0v) is 13.6. The van der Waals surface area contributed by atoms with Gasteiger partial charge in [0.05, 0.1) is 16.1 Å². The molecule has 0 saturated carbocycles. The van der Waals surface area contributed by atoms with Crippen molar-refractivity contribution in [1.29, 1.82) is 0 Å². The van der Waals surface area contributed by atoms with Crippen LogP contribution in [0.5, 0.6) is 5.75 Å². The summed E-state index contributed by atoms with van der Waals surface area (Å²) in [6, 6.07) is 8.00. The second-order valence-electron chi connectivity index (χ2n) is 5.13. The standard InChI is InChI=1S/C15H14BrClN2O/c1-8(2)13-12(16)14(17)19-15(18-13)10-7-20-11-6-4-3-5-9(10)11/h3-6,8,10H,7H2,1-2H3. The van der Waals surface area contributed by atoms with Crippen LogP contribution in [0.25, 0.3) is 0 Å². The van der Waals surface area contributed by atoms with Gasteiger partial charge in [-0.25, -0.2) is 9.97 Å². The average molecular weight is 354 g/mol. The first-order chi connectivity index (χ1) is 9.58. The van der Waals surface area contributed by atoms with Gasteiger partial charge in [-0.1, -0.05) is 43.6 Å². The molecule has 1 atom stereocenters. The summed E-state index contributed by atoms with van der Waals surface area (Å²) >= 11 is 9.70. The van der Waals surface area contributed by atoms with Crippen LogP contribution in [0.15, 0.2) is 28.7 Å². The molecule has 0 saturated heterocycles. The van der Waals surface area contributed by atoms with Crippen LogP contribution in [0.4, 0.5) is 0 Å². The molecule has 3 rings (SSSR count). The van der Waals surface area contributed by atoms with E-state index in [1.807, 2.05) is 18.2 Å². The van der Waals surface area contributed by atoms with Gasteiger partial charge in [-0.2, -0.15) is 0 Å². The van der Waals surface area contributed by atoms with Crippen molar-refractivity contribution in [3.63, 3.8) is 0 Å². The molecule has 3 nitrogen and oxygen atoms in total. The SMILES string of the molecule is CC(C)c1nc(C2COc3ccccc32)nc(Cl)c1Br. The molecule has 1 aromatic carbocycles. The van der Waals surface area contributed by atoms with E-state index in [4.69, 9.17) is 21.3 Å². The fraction of sp³-hybridized carbons (Fsp3) is 0.333. The maximum atomic E-state index is 6.23. The average Bonchev–Trinajstić information content (AvgIpc) is 2.85. The van der Waals surface area contributed by atoms with Crippen molar-refractivity contribution in [2.75, 3.05) is 6.61 Å². The van der Waals surface area contributed by atoms with E-state index in [-0.39, 0.29) is 11.8 Å². The molecular weight excluding hydrogens is 340 g/mol. The van der Waals surface area contributed by atoms with Gasteiger partial charge in [-0.3, -0.25) is 0 Å². The van der Waals surface area contributed by atoms with Gasteiger partial charge < -0.3 is 4.74 Å². The van der Waals surface area contributed by atoms with Crippen LogP contribution in [0, 0.1) is 0 Å². The maximum absolute atomic E-state index is 6.23. The van der Waals surface area contributed by atoms with Crippen molar-refractivity contribution in [2.45, 2.75) is 25.7 Å². The molecule has 0 spiro atoms. The summed E-state index contributed by atoms with van der Waals surface area (Å²) in [6.07, 6.45) is 0. The van der Waals surface area contributed by atoms with E-state index in [1.54, 1.807) is 0 Å². The van der Waals surface area contributed by atoms with Crippen molar-refractivity contribution in [2.24, 2.45) is 0 Å². The summed E-state index contributed by atoms with van der Waals surface area (Å²) in [5, 5.41) is 0.461. The second kappa shape index (κ2) is 5.34. The maximum Gasteiger partial charge on any atom is 0.147 e. The Morgan fingerprint density at radius 1 is 1.30 bits per heavy atom. The lowest BCUT2D eigenvalue weighted by Gasteiger charge is -2.14. The van der Waals surface area contributed by atoms with Gasteiger partial charge in [0.2, 0.25) is 0 Å². The van der Waals surface area contributed by atoms with E-state index in [0.29, 0.717) is 11.8 Å². The topological polar surface area (TPSA) is 35.0 Å². The normalized spacial score (nSPS) is 17.1. The molecule has 1 aliphatic rings. The first-order valence-electron chi connectivity index (χ1n) is 6.52. The van der Waals surface area contributed by atoms with E-state index < -0.39 is 0 Å². The molecule has 0 bridgehead atoms. The highest BCUT2D eigenvalue weighted by Gasteiger charge is 2.29. The van der Waals surface area contributed by atoms with E-state index in [2.05, 4.69) is 40.8 Å². The number of halogens is 2. The number of hydrogen-bond acceptors (Lipinski definition) is 3. The number of fused-ring (bicyclic) bond motifs is 1. The van der Waals surface area contributed by atoms with Crippen LogP contribution < -0.4 is 4.74 Å². The highest BCUT2D eigenvalue weighted by Crippen LogP contribution is 2.38. The molecule has 0 radical (unpaired) electrons. The third kappa shape index (κ3) is 2.31. The Labute approximate surface area is 131 Å². The molecule has 5 heteroatoms. The Balaban J connectivity index is 2.08. The fourth-order valence-corrected chi connectivity index (χ4v) is 3.19. The van der Waals surface area contributed by atoms with Crippen LogP contribution in [-0.2, 0) is 0 Å². The summed E-state index contributed by atoms with van der Waals surface area (Å²) in [4.78, 5) is 9.12. The highest BCUT2D eigenvalue weighted by molar-refractivity contribution is 9.10. The number of nitrogens with zero attached hydrogens (tertiary/aromatic N) is 2. The quantitative estimate of drug-likeness (QED) is 0.743. The zero-order valence-electron chi connectivity index (χ0n) is 11.2. The lowest BCUT2D eigenvalue weighted by molar-refractivity contribution is 0.339. The molecule has 1 unspecified atom stereocenters. The van der Waals surface area contributed by atoms with Gasteiger partial charge in [0, 0.05) is 5.56 Å². The number of para-hydroxylation sites is 1. The third-order valence-electron chi connectivity index (χ3n) is 3.41. The Bertz CT molecular complexity index is 660. The van der Waals surface area contributed by atoms with Crippen LogP contribution in [0.3, 0.4) is 0 Å². The fourth-order valence-electron chi connectivity index (χ4n) is 2.37. The van der Waals surface area contributed by atoms with Gasteiger partial charge in [-0.15, -0.1) is 0 Å². The molecule has 1 aliphatic heterocycles. The van der Waals surface area contributed by atoms with Crippen LogP contribution in [0.1, 0.15) is 42.8 Å². The molecule has 0 N–H and O–H groups in total. The number of aromatic nitrogens is 2. The van der Waals surface area contributed by atoms with Crippen LogP contribution in [-0.4, -0.2) is 16.6 Å². The van der Waals surface area contributed by atoms with Crippen molar-refractivity contribution < 1.29 is 4.74 Å².